The van der Waals surface area contributed by atoms with Gasteiger partial charge in [-0.15, -0.1) is 0 Å². The molecule has 3 rings (SSSR count). The van der Waals surface area contributed by atoms with Crippen LogP contribution in [0.5, 0.6) is 0 Å². The molecule has 0 spiro atoms. The average Bonchev–Trinajstić information content (AvgIpc) is 3.08. The van der Waals surface area contributed by atoms with Gasteiger partial charge in [0, 0.05) is 37.5 Å². The summed E-state index contributed by atoms with van der Waals surface area (Å²) in [5.74, 6) is -0.229. The van der Waals surface area contributed by atoms with Gasteiger partial charge in [-0.3, -0.25) is 14.8 Å². The molecule has 0 aliphatic carbocycles. The minimum atomic E-state index is -0.229. The Kier molecular flexibility index (Phi) is 3.68. The van der Waals surface area contributed by atoms with Crippen molar-refractivity contribution in [3.8, 4) is 5.69 Å². The van der Waals surface area contributed by atoms with Crippen molar-refractivity contribution in [3.63, 3.8) is 0 Å². The summed E-state index contributed by atoms with van der Waals surface area (Å²) >= 11 is 0. The lowest BCUT2D eigenvalue weighted by Crippen LogP contribution is -2.24. The minimum Gasteiger partial charge on any atom is -0.347 e. The zero-order valence-corrected chi connectivity index (χ0v) is 11.2. The molecule has 0 fully saturated rings. The first-order chi connectivity index (χ1) is 10.3. The van der Waals surface area contributed by atoms with Gasteiger partial charge in [-0.25, -0.2) is 4.68 Å². The summed E-state index contributed by atoms with van der Waals surface area (Å²) in [6, 6.07) is 9.05. The number of amides is 1. The van der Waals surface area contributed by atoms with Gasteiger partial charge >= 0.3 is 0 Å². The number of carbonyl (C=O) groups is 1. The van der Waals surface area contributed by atoms with E-state index in [1.165, 1.54) is 0 Å². The van der Waals surface area contributed by atoms with Crippen LogP contribution in [0.2, 0.25) is 0 Å². The standard InChI is InChI=1S/C15H13N5O/c21-15(18-11-12-3-1-5-16-10-12)14-9-13(4-7-17-14)20-8-2-6-19-20/h1-10H,11H2,(H,18,21). The molecule has 0 atom stereocenters. The van der Waals surface area contributed by atoms with Gasteiger partial charge in [-0.05, 0) is 29.8 Å². The first-order valence-corrected chi connectivity index (χ1v) is 6.46. The van der Waals surface area contributed by atoms with Crippen molar-refractivity contribution in [3.05, 3.63) is 72.6 Å². The highest BCUT2D eigenvalue weighted by atomic mass is 16.1. The van der Waals surface area contributed by atoms with Gasteiger partial charge in [0.15, 0.2) is 0 Å². The van der Waals surface area contributed by atoms with Crippen molar-refractivity contribution in [1.29, 1.82) is 0 Å². The molecule has 0 unspecified atom stereocenters. The maximum absolute atomic E-state index is 12.1. The summed E-state index contributed by atoms with van der Waals surface area (Å²) < 4.78 is 1.68. The van der Waals surface area contributed by atoms with Crippen LogP contribution in [-0.2, 0) is 6.54 Å². The number of carbonyl (C=O) groups excluding carboxylic acids is 1. The maximum Gasteiger partial charge on any atom is 0.270 e. The van der Waals surface area contributed by atoms with E-state index in [4.69, 9.17) is 0 Å². The van der Waals surface area contributed by atoms with Gasteiger partial charge in [0.2, 0.25) is 0 Å². The maximum atomic E-state index is 12.1. The lowest BCUT2D eigenvalue weighted by Gasteiger charge is -2.06. The molecule has 1 N–H and O–H groups in total. The average molecular weight is 279 g/mol. The molecule has 0 bridgehead atoms. The molecule has 0 saturated carbocycles. The van der Waals surface area contributed by atoms with Crippen molar-refractivity contribution in [2.24, 2.45) is 0 Å². The van der Waals surface area contributed by atoms with Crippen molar-refractivity contribution in [2.75, 3.05) is 0 Å². The summed E-state index contributed by atoms with van der Waals surface area (Å²) in [5.41, 5.74) is 2.09. The van der Waals surface area contributed by atoms with Crippen molar-refractivity contribution in [2.45, 2.75) is 6.54 Å². The predicted molar refractivity (Wildman–Crippen MR) is 76.8 cm³/mol. The first kappa shape index (κ1) is 13.0. The van der Waals surface area contributed by atoms with Crippen LogP contribution in [0.25, 0.3) is 5.69 Å². The largest absolute Gasteiger partial charge is 0.347 e. The molecule has 6 nitrogen and oxygen atoms in total. The summed E-state index contributed by atoms with van der Waals surface area (Å²) in [6.45, 7) is 0.417. The van der Waals surface area contributed by atoms with Gasteiger partial charge < -0.3 is 5.32 Å². The number of nitrogens with zero attached hydrogens (tertiary/aromatic N) is 4. The summed E-state index contributed by atoms with van der Waals surface area (Å²) in [4.78, 5) is 20.2. The van der Waals surface area contributed by atoms with Crippen LogP contribution in [0.4, 0.5) is 0 Å². The highest BCUT2D eigenvalue weighted by Crippen LogP contribution is 2.07. The van der Waals surface area contributed by atoms with Gasteiger partial charge in [0.25, 0.3) is 5.91 Å². The molecule has 0 aliphatic heterocycles. The summed E-state index contributed by atoms with van der Waals surface area (Å²) in [7, 11) is 0. The highest BCUT2D eigenvalue weighted by Gasteiger charge is 2.08. The van der Waals surface area contributed by atoms with Gasteiger partial charge in [-0.2, -0.15) is 5.10 Å². The van der Waals surface area contributed by atoms with Gasteiger partial charge in [0.1, 0.15) is 5.69 Å². The molecular weight excluding hydrogens is 266 g/mol. The normalized spacial score (nSPS) is 10.3. The van der Waals surface area contributed by atoms with E-state index in [9.17, 15) is 4.79 Å². The second-order valence-corrected chi connectivity index (χ2v) is 4.39. The van der Waals surface area contributed by atoms with Crippen LogP contribution in [0.1, 0.15) is 16.1 Å². The minimum absolute atomic E-state index is 0.229. The lowest BCUT2D eigenvalue weighted by molar-refractivity contribution is 0.0946. The molecule has 0 aliphatic rings. The number of pyridine rings is 2. The fourth-order valence-electron chi connectivity index (χ4n) is 1.88. The first-order valence-electron chi connectivity index (χ1n) is 6.46. The summed E-state index contributed by atoms with van der Waals surface area (Å²) in [6.07, 6.45) is 8.50. The third-order valence-electron chi connectivity index (χ3n) is 2.92. The molecule has 21 heavy (non-hydrogen) atoms. The van der Waals surface area contributed by atoms with E-state index in [0.29, 0.717) is 12.2 Å². The Balaban J connectivity index is 1.72. The zero-order chi connectivity index (χ0) is 14.5. The Morgan fingerprint density at radius 1 is 1.19 bits per heavy atom. The quantitative estimate of drug-likeness (QED) is 0.787. The zero-order valence-electron chi connectivity index (χ0n) is 11.2. The Morgan fingerprint density at radius 3 is 2.90 bits per heavy atom. The summed E-state index contributed by atoms with van der Waals surface area (Å²) in [5, 5.41) is 6.95. The van der Waals surface area contributed by atoms with E-state index in [-0.39, 0.29) is 5.91 Å². The number of hydrogen-bond acceptors (Lipinski definition) is 4. The number of nitrogens with one attached hydrogen (secondary N) is 1. The molecular formula is C15H13N5O. The van der Waals surface area contributed by atoms with E-state index in [1.54, 1.807) is 41.6 Å². The van der Waals surface area contributed by atoms with Gasteiger partial charge in [-0.1, -0.05) is 6.07 Å². The second kappa shape index (κ2) is 5.96. The molecule has 1 amide bonds. The fourth-order valence-corrected chi connectivity index (χ4v) is 1.88. The SMILES string of the molecule is O=C(NCc1cccnc1)c1cc(-n2cccn2)ccn1. The number of aromatic nitrogens is 4. The third kappa shape index (κ3) is 3.11. The van der Waals surface area contributed by atoms with Crippen LogP contribution in [0.3, 0.4) is 0 Å². The third-order valence-corrected chi connectivity index (χ3v) is 2.92. The van der Waals surface area contributed by atoms with Crippen LogP contribution in [0, 0.1) is 0 Å². The van der Waals surface area contributed by atoms with E-state index in [2.05, 4.69) is 20.4 Å². The van der Waals surface area contributed by atoms with E-state index in [0.717, 1.165) is 11.3 Å². The molecule has 3 aromatic heterocycles. The number of hydrogen-bond donors (Lipinski definition) is 1. The van der Waals surface area contributed by atoms with Crippen LogP contribution in [-0.4, -0.2) is 25.7 Å². The Bertz CT molecular complexity index is 725. The van der Waals surface area contributed by atoms with Crippen molar-refractivity contribution < 1.29 is 4.79 Å². The van der Waals surface area contributed by atoms with E-state index in [1.807, 2.05) is 24.4 Å². The molecule has 104 valence electrons. The molecule has 3 heterocycles. The Labute approximate surface area is 121 Å². The van der Waals surface area contributed by atoms with E-state index < -0.39 is 0 Å². The molecule has 0 aromatic carbocycles. The second-order valence-electron chi connectivity index (χ2n) is 4.39. The number of rotatable bonds is 4. The predicted octanol–water partition coefficient (Wildman–Crippen LogP) is 1.59. The van der Waals surface area contributed by atoms with Crippen LogP contribution >= 0.6 is 0 Å². The van der Waals surface area contributed by atoms with E-state index >= 15 is 0 Å². The fraction of sp³-hybridized carbons (Fsp3) is 0.0667. The van der Waals surface area contributed by atoms with Crippen LogP contribution in [0.15, 0.2) is 61.3 Å². The topological polar surface area (TPSA) is 72.7 Å². The highest BCUT2D eigenvalue weighted by molar-refractivity contribution is 5.92. The Hall–Kier alpha value is -3.02. The smallest absolute Gasteiger partial charge is 0.270 e. The lowest BCUT2D eigenvalue weighted by atomic mass is 10.2. The molecule has 0 saturated heterocycles. The van der Waals surface area contributed by atoms with Crippen molar-refractivity contribution >= 4 is 5.91 Å². The van der Waals surface area contributed by atoms with Gasteiger partial charge in [0.05, 0.1) is 5.69 Å². The monoisotopic (exact) mass is 279 g/mol. The molecule has 0 radical (unpaired) electrons. The molecule has 6 heteroatoms. The van der Waals surface area contributed by atoms with Crippen LogP contribution < -0.4 is 5.32 Å². The molecule has 3 aromatic rings. The Morgan fingerprint density at radius 2 is 2.14 bits per heavy atom. The van der Waals surface area contributed by atoms with Crippen molar-refractivity contribution in [1.82, 2.24) is 25.1 Å².